The Kier molecular flexibility index (Phi) is 4.59. The first-order valence-electron chi connectivity index (χ1n) is 6.74. The molecule has 2 unspecified atom stereocenters. The van der Waals surface area contributed by atoms with Crippen molar-refractivity contribution in [1.82, 2.24) is 0 Å². The molecule has 2 N–H and O–H groups in total. The summed E-state index contributed by atoms with van der Waals surface area (Å²) >= 11 is 0. The molecule has 1 rings (SSSR count). The minimum atomic E-state index is -0.372. The molecule has 17 heavy (non-hydrogen) atoms. The number of esters is 1. The second-order valence-corrected chi connectivity index (χ2v) is 6.38. The molecule has 0 heterocycles. The maximum absolute atomic E-state index is 11.7. The third-order valence-corrected chi connectivity index (χ3v) is 3.90. The molecule has 0 bridgehead atoms. The summed E-state index contributed by atoms with van der Waals surface area (Å²) in [6.07, 6.45) is 4.78. The minimum Gasteiger partial charge on any atom is -0.466 e. The van der Waals surface area contributed by atoms with Crippen LogP contribution in [0.2, 0.25) is 0 Å². The van der Waals surface area contributed by atoms with Crippen LogP contribution >= 0.6 is 0 Å². The van der Waals surface area contributed by atoms with Gasteiger partial charge < -0.3 is 10.5 Å². The van der Waals surface area contributed by atoms with E-state index < -0.39 is 0 Å². The largest absolute Gasteiger partial charge is 0.466 e. The lowest BCUT2D eigenvalue weighted by Crippen LogP contribution is -2.55. The van der Waals surface area contributed by atoms with Crippen molar-refractivity contribution in [2.45, 2.75) is 65.3 Å². The zero-order valence-electron chi connectivity index (χ0n) is 11.7. The number of hydrogen-bond acceptors (Lipinski definition) is 3. The highest BCUT2D eigenvalue weighted by Gasteiger charge is 2.44. The highest BCUT2D eigenvalue weighted by Crippen LogP contribution is 2.44. The fourth-order valence-electron chi connectivity index (χ4n) is 3.25. The molecule has 0 aliphatic heterocycles. The average Bonchev–Trinajstić information content (AvgIpc) is 2.15. The van der Waals surface area contributed by atoms with E-state index in [2.05, 4.69) is 20.8 Å². The molecule has 2 atom stereocenters. The molecule has 100 valence electrons. The Hall–Kier alpha value is -0.570. The summed E-state index contributed by atoms with van der Waals surface area (Å²) in [7, 11) is 0. The van der Waals surface area contributed by atoms with Gasteiger partial charge in [-0.1, -0.05) is 33.6 Å². The summed E-state index contributed by atoms with van der Waals surface area (Å²) in [6, 6.07) is 0. The molecule has 1 aliphatic carbocycles. The van der Waals surface area contributed by atoms with Gasteiger partial charge in [0.15, 0.2) is 0 Å². The lowest BCUT2D eigenvalue weighted by Gasteiger charge is -2.47. The van der Waals surface area contributed by atoms with Gasteiger partial charge in [-0.15, -0.1) is 0 Å². The predicted octanol–water partition coefficient (Wildman–Crippen LogP) is 2.87. The van der Waals surface area contributed by atoms with Gasteiger partial charge in [-0.3, -0.25) is 4.79 Å². The van der Waals surface area contributed by atoms with Crippen LogP contribution in [-0.2, 0) is 9.53 Å². The lowest BCUT2D eigenvalue weighted by molar-refractivity contribution is -0.146. The number of hydrogen-bond donors (Lipinski definition) is 1. The Balaban J connectivity index is 2.77. The number of ether oxygens (including phenoxy) is 1. The van der Waals surface area contributed by atoms with Crippen molar-refractivity contribution in [3.8, 4) is 0 Å². The molecule has 3 heteroatoms. The van der Waals surface area contributed by atoms with Crippen LogP contribution < -0.4 is 5.73 Å². The number of rotatable bonds is 3. The summed E-state index contributed by atoms with van der Waals surface area (Å²) in [4.78, 5) is 11.7. The molecule has 0 aromatic rings. The minimum absolute atomic E-state index is 0.147. The predicted molar refractivity (Wildman–Crippen MR) is 69.6 cm³/mol. The first-order valence-corrected chi connectivity index (χ1v) is 6.74. The summed E-state index contributed by atoms with van der Waals surface area (Å²) < 4.78 is 5.05. The maximum atomic E-state index is 11.7. The van der Waals surface area contributed by atoms with Crippen LogP contribution in [0, 0.1) is 11.3 Å². The maximum Gasteiger partial charge on any atom is 0.307 e. The average molecular weight is 241 g/mol. The van der Waals surface area contributed by atoms with Crippen molar-refractivity contribution in [1.29, 1.82) is 0 Å². The van der Waals surface area contributed by atoms with Crippen molar-refractivity contribution < 1.29 is 9.53 Å². The summed E-state index contributed by atoms with van der Waals surface area (Å²) in [5.41, 5.74) is 6.30. The van der Waals surface area contributed by atoms with Crippen LogP contribution in [0.25, 0.3) is 0 Å². The number of nitrogens with two attached hydrogens (primary N) is 1. The summed E-state index contributed by atoms with van der Waals surface area (Å²) in [6.45, 7) is 8.93. The van der Waals surface area contributed by atoms with Gasteiger partial charge in [0, 0.05) is 5.54 Å². The van der Waals surface area contributed by atoms with Gasteiger partial charge in [0.1, 0.15) is 0 Å². The molecule has 0 aromatic heterocycles. The Morgan fingerprint density at radius 3 is 2.59 bits per heavy atom. The van der Waals surface area contributed by atoms with Crippen LogP contribution in [-0.4, -0.2) is 18.1 Å². The van der Waals surface area contributed by atoms with E-state index in [1.54, 1.807) is 0 Å². The monoisotopic (exact) mass is 241 g/mol. The summed E-state index contributed by atoms with van der Waals surface area (Å²) in [5, 5.41) is 0. The molecule has 1 saturated carbocycles. The van der Waals surface area contributed by atoms with Gasteiger partial charge in [-0.05, 0) is 31.1 Å². The Morgan fingerprint density at radius 1 is 1.41 bits per heavy atom. The molecule has 1 aliphatic rings. The Morgan fingerprint density at radius 2 is 2.06 bits per heavy atom. The molecule has 0 spiro atoms. The molecule has 0 amide bonds. The van der Waals surface area contributed by atoms with E-state index in [0.717, 1.165) is 19.3 Å². The van der Waals surface area contributed by atoms with E-state index in [0.29, 0.717) is 18.9 Å². The number of carbonyl (C=O) groups is 1. The molecule has 0 radical (unpaired) electrons. The second-order valence-electron chi connectivity index (χ2n) is 6.38. The van der Waals surface area contributed by atoms with Crippen molar-refractivity contribution in [3.63, 3.8) is 0 Å². The Bertz CT molecular complexity index is 270. The third kappa shape index (κ3) is 3.70. The van der Waals surface area contributed by atoms with Crippen LogP contribution in [0.15, 0.2) is 0 Å². The van der Waals surface area contributed by atoms with E-state index >= 15 is 0 Å². The quantitative estimate of drug-likeness (QED) is 0.773. The first kappa shape index (κ1) is 14.5. The Labute approximate surface area is 105 Å². The standard InChI is InChI=1S/C14H27NO2/c1-5-17-12(16)10-14(15)9-7-6-8-11(14)13(2,3)4/h11H,5-10,15H2,1-4H3. The van der Waals surface area contributed by atoms with Crippen LogP contribution in [0.1, 0.15) is 59.8 Å². The molecular formula is C14H27NO2. The molecule has 3 nitrogen and oxygen atoms in total. The van der Waals surface area contributed by atoms with Crippen LogP contribution in [0.5, 0.6) is 0 Å². The van der Waals surface area contributed by atoms with E-state index in [1.165, 1.54) is 6.42 Å². The van der Waals surface area contributed by atoms with Crippen LogP contribution in [0.3, 0.4) is 0 Å². The van der Waals surface area contributed by atoms with Gasteiger partial charge >= 0.3 is 5.97 Å². The third-order valence-electron chi connectivity index (χ3n) is 3.90. The van der Waals surface area contributed by atoms with Gasteiger partial charge in [0.2, 0.25) is 0 Å². The zero-order valence-corrected chi connectivity index (χ0v) is 11.7. The van der Waals surface area contributed by atoms with Crippen molar-refractivity contribution in [3.05, 3.63) is 0 Å². The van der Waals surface area contributed by atoms with Gasteiger partial charge in [0.05, 0.1) is 13.0 Å². The second kappa shape index (κ2) is 5.38. The smallest absolute Gasteiger partial charge is 0.307 e. The van der Waals surface area contributed by atoms with Gasteiger partial charge in [-0.25, -0.2) is 0 Å². The van der Waals surface area contributed by atoms with E-state index in [1.807, 2.05) is 6.92 Å². The number of carbonyl (C=O) groups excluding carboxylic acids is 1. The summed E-state index contributed by atoms with van der Waals surface area (Å²) in [5.74, 6) is 0.249. The first-order chi connectivity index (χ1) is 7.79. The van der Waals surface area contributed by atoms with Gasteiger partial charge in [0.25, 0.3) is 0 Å². The molecule has 1 fully saturated rings. The van der Waals surface area contributed by atoms with E-state index in [4.69, 9.17) is 10.5 Å². The van der Waals surface area contributed by atoms with E-state index in [9.17, 15) is 4.79 Å². The molecular weight excluding hydrogens is 214 g/mol. The molecule has 0 aromatic carbocycles. The molecule has 0 saturated heterocycles. The van der Waals surface area contributed by atoms with Crippen LogP contribution in [0.4, 0.5) is 0 Å². The lowest BCUT2D eigenvalue weighted by atomic mass is 9.61. The van der Waals surface area contributed by atoms with Gasteiger partial charge in [-0.2, -0.15) is 0 Å². The van der Waals surface area contributed by atoms with E-state index in [-0.39, 0.29) is 16.9 Å². The fraction of sp³-hybridized carbons (Fsp3) is 0.929. The fourth-order valence-corrected chi connectivity index (χ4v) is 3.25. The highest BCUT2D eigenvalue weighted by molar-refractivity contribution is 5.71. The topological polar surface area (TPSA) is 52.3 Å². The normalized spacial score (nSPS) is 30.1. The zero-order chi connectivity index (χ0) is 13.1. The SMILES string of the molecule is CCOC(=O)CC1(N)CCCCC1C(C)(C)C. The highest BCUT2D eigenvalue weighted by atomic mass is 16.5. The van der Waals surface area contributed by atoms with Crippen molar-refractivity contribution in [2.24, 2.45) is 17.1 Å². The van der Waals surface area contributed by atoms with Crippen molar-refractivity contribution >= 4 is 5.97 Å². The van der Waals surface area contributed by atoms with Crippen molar-refractivity contribution in [2.75, 3.05) is 6.61 Å².